The molecule has 2 fully saturated rings. The van der Waals surface area contributed by atoms with Gasteiger partial charge >= 0.3 is 0 Å². The number of anilines is 1. The summed E-state index contributed by atoms with van der Waals surface area (Å²) >= 11 is 0. The molecule has 1 saturated heterocycles. The summed E-state index contributed by atoms with van der Waals surface area (Å²) in [6.07, 6.45) is 11.9. The SMILES string of the molecule is CCNC(=NCCN1CCN(c2ncccn2)CC1)NCCOC1CCCCCC1.I. The van der Waals surface area contributed by atoms with E-state index in [1.165, 1.54) is 38.5 Å². The molecule has 2 N–H and O–H groups in total. The number of halogens is 1. The van der Waals surface area contributed by atoms with E-state index < -0.39 is 0 Å². The minimum absolute atomic E-state index is 0. The largest absolute Gasteiger partial charge is 0.376 e. The van der Waals surface area contributed by atoms with E-state index in [-0.39, 0.29) is 24.0 Å². The van der Waals surface area contributed by atoms with E-state index in [1.54, 1.807) is 12.4 Å². The highest BCUT2D eigenvalue weighted by molar-refractivity contribution is 14.0. The third kappa shape index (κ3) is 9.86. The monoisotopic (exact) mass is 545 g/mol. The number of aromatic nitrogens is 2. The van der Waals surface area contributed by atoms with E-state index in [0.29, 0.717) is 6.10 Å². The Morgan fingerprint density at radius 2 is 1.77 bits per heavy atom. The van der Waals surface area contributed by atoms with Crippen molar-refractivity contribution >= 4 is 35.9 Å². The van der Waals surface area contributed by atoms with Crippen molar-refractivity contribution < 1.29 is 4.74 Å². The zero-order chi connectivity index (χ0) is 20.9. The quantitative estimate of drug-likeness (QED) is 0.162. The predicted octanol–water partition coefficient (Wildman–Crippen LogP) is 2.51. The van der Waals surface area contributed by atoms with Gasteiger partial charge in [0.15, 0.2) is 5.96 Å². The van der Waals surface area contributed by atoms with Crippen molar-refractivity contribution in [2.75, 3.05) is 63.9 Å². The molecule has 31 heavy (non-hydrogen) atoms. The lowest BCUT2D eigenvalue weighted by Crippen LogP contribution is -2.48. The number of piperazine rings is 1. The summed E-state index contributed by atoms with van der Waals surface area (Å²) in [5.41, 5.74) is 0. The van der Waals surface area contributed by atoms with E-state index in [2.05, 4.69) is 37.3 Å². The van der Waals surface area contributed by atoms with Crippen LogP contribution >= 0.6 is 24.0 Å². The molecular formula is C22H40IN7O. The van der Waals surface area contributed by atoms with Crippen molar-refractivity contribution in [3.05, 3.63) is 18.5 Å². The summed E-state index contributed by atoms with van der Waals surface area (Å²) < 4.78 is 6.07. The first-order chi connectivity index (χ1) is 14.8. The molecule has 1 aromatic rings. The fourth-order valence-corrected chi connectivity index (χ4v) is 4.07. The lowest BCUT2D eigenvalue weighted by molar-refractivity contribution is 0.0468. The zero-order valence-corrected chi connectivity index (χ0v) is 21.3. The second kappa shape index (κ2) is 15.6. The summed E-state index contributed by atoms with van der Waals surface area (Å²) in [4.78, 5) is 18.2. The van der Waals surface area contributed by atoms with Crippen LogP contribution < -0.4 is 15.5 Å². The average Bonchev–Trinajstić information content (AvgIpc) is 3.07. The van der Waals surface area contributed by atoms with E-state index >= 15 is 0 Å². The van der Waals surface area contributed by atoms with Gasteiger partial charge in [-0.25, -0.2) is 9.97 Å². The Labute approximate surface area is 204 Å². The summed E-state index contributed by atoms with van der Waals surface area (Å²) in [6.45, 7) is 10.3. The number of ether oxygens (including phenoxy) is 1. The Morgan fingerprint density at radius 3 is 2.45 bits per heavy atom. The van der Waals surface area contributed by atoms with Crippen molar-refractivity contribution in [3.8, 4) is 0 Å². The Kier molecular flexibility index (Phi) is 13.1. The summed E-state index contributed by atoms with van der Waals surface area (Å²) in [7, 11) is 0. The highest BCUT2D eigenvalue weighted by atomic mass is 127. The number of hydrogen-bond acceptors (Lipinski definition) is 6. The Morgan fingerprint density at radius 1 is 1.06 bits per heavy atom. The molecule has 0 atom stereocenters. The van der Waals surface area contributed by atoms with Crippen LogP contribution in [0.2, 0.25) is 0 Å². The summed E-state index contributed by atoms with van der Waals surface area (Å²) in [6, 6.07) is 1.86. The van der Waals surface area contributed by atoms with Crippen LogP contribution in [0.1, 0.15) is 45.4 Å². The third-order valence-corrected chi connectivity index (χ3v) is 5.79. The predicted molar refractivity (Wildman–Crippen MR) is 138 cm³/mol. The van der Waals surface area contributed by atoms with Crippen LogP contribution in [0, 0.1) is 0 Å². The van der Waals surface area contributed by atoms with Gasteiger partial charge in [-0.2, -0.15) is 0 Å². The molecule has 0 bridgehead atoms. The molecule has 2 heterocycles. The fourth-order valence-electron chi connectivity index (χ4n) is 4.07. The molecular weight excluding hydrogens is 505 g/mol. The number of nitrogens with zero attached hydrogens (tertiary/aromatic N) is 5. The van der Waals surface area contributed by atoms with Gasteiger partial charge in [0.05, 0.1) is 19.3 Å². The third-order valence-electron chi connectivity index (χ3n) is 5.79. The van der Waals surface area contributed by atoms with Crippen LogP contribution in [-0.2, 0) is 4.74 Å². The molecule has 9 heteroatoms. The molecule has 8 nitrogen and oxygen atoms in total. The van der Waals surface area contributed by atoms with Crippen molar-refractivity contribution in [1.29, 1.82) is 0 Å². The van der Waals surface area contributed by atoms with Crippen LogP contribution in [-0.4, -0.2) is 85.9 Å². The molecule has 3 rings (SSSR count). The Balaban J connectivity index is 0.00000341. The zero-order valence-electron chi connectivity index (χ0n) is 19.0. The molecule has 0 spiro atoms. The van der Waals surface area contributed by atoms with E-state index in [4.69, 9.17) is 9.73 Å². The molecule has 176 valence electrons. The minimum atomic E-state index is 0. The second-order valence-corrected chi connectivity index (χ2v) is 8.05. The summed E-state index contributed by atoms with van der Waals surface area (Å²) in [5.74, 6) is 1.72. The molecule has 1 saturated carbocycles. The normalized spacial score (nSPS) is 18.9. The molecule has 1 aliphatic carbocycles. The van der Waals surface area contributed by atoms with Gasteiger partial charge in [0, 0.05) is 58.2 Å². The molecule has 0 aromatic carbocycles. The van der Waals surface area contributed by atoms with Gasteiger partial charge in [0.2, 0.25) is 5.95 Å². The van der Waals surface area contributed by atoms with E-state index in [9.17, 15) is 0 Å². The van der Waals surface area contributed by atoms with Crippen LogP contribution in [0.3, 0.4) is 0 Å². The van der Waals surface area contributed by atoms with Gasteiger partial charge in [-0.15, -0.1) is 24.0 Å². The van der Waals surface area contributed by atoms with Gasteiger partial charge in [-0.1, -0.05) is 25.7 Å². The molecule has 1 aliphatic heterocycles. The molecule has 1 aromatic heterocycles. The lowest BCUT2D eigenvalue weighted by Gasteiger charge is -2.34. The Hall–Kier alpha value is -1.20. The smallest absolute Gasteiger partial charge is 0.225 e. The van der Waals surface area contributed by atoms with Gasteiger partial charge < -0.3 is 20.3 Å². The standard InChI is InChI=1S/C22H39N7O.HI/c1-2-23-21(25-13-19-30-20-8-5-3-4-6-9-20)24-12-14-28-15-17-29(18-16-28)22-26-10-7-11-27-22;/h7,10-11,20H,2-6,8-9,12-19H2,1H3,(H2,23,24,25);1H. The van der Waals surface area contributed by atoms with Crippen molar-refractivity contribution in [1.82, 2.24) is 25.5 Å². The van der Waals surface area contributed by atoms with Crippen molar-refractivity contribution in [2.45, 2.75) is 51.6 Å². The number of aliphatic imine (C=N–C) groups is 1. The van der Waals surface area contributed by atoms with E-state index in [0.717, 1.165) is 70.9 Å². The number of rotatable bonds is 9. The number of nitrogens with one attached hydrogen (secondary N) is 2. The fraction of sp³-hybridized carbons (Fsp3) is 0.773. The lowest BCUT2D eigenvalue weighted by atomic mass is 10.1. The first-order valence-electron chi connectivity index (χ1n) is 11.7. The minimum Gasteiger partial charge on any atom is -0.376 e. The van der Waals surface area contributed by atoms with Crippen LogP contribution in [0.4, 0.5) is 5.95 Å². The average molecular weight is 546 g/mol. The summed E-state index contributed by atoms with van der Waals surface area (Å²) in [5, 5.41) is 6.75. The maximum atomic E-state index is 6.07. The van der Waals surface area contributed by atoms with Gasteiger partial charge in [-0.3, -0.25) is 9.89 Å². The first-order valence-corrected chi connectivity index (χ1v) is 11.7. The number of hydrogen-bond donors (Lipinski definition) is 2. The van der Waals surface area contributed by atoms with Crippen LogP contribution in [0.15, 0.2) is 23.5 Å². The van der Waals surface area contributed by atoms with Gasteiger partial charge in [0.1, 0.15) is 0 Å². The Bertz CT molecular complexity index is 603. The second-order valence-electron chi connectivity index (χ2n) is 8.05. The van der Waals surface area contributed by atoms with Crippen molar-refractivity contribution in [3.63, 3.8) is 0 Å². The maximum absolute atomic E-state index is 6.07. The highest BCUT2D eigenvalue weighted by Gasteiger charge is 2.18. The maximum Gasteiger partial charge on any atom is 0.225 e. The topological polar surface area (TPSA) is 77.9 Å². The van der Waals surface area contributed by atoms with Crippen LogP contribution in [0.25, 0.3) is 0 Å². The van der Waals surface area contributed by atoms with E-state index in [1.807, 2.05) is 6.07 Å². The molecule has 0 amide bonds. The molecule has 2 aliphatic rings. The molecule has 0 unspecified atom stereocenters. The van der Waals surface area contributed by atoms with Gasteiger partial charge in [-0.05, 0) is 25.8 Å². The van der Waals surface area contributed by atoms with Crippen LogP contribution in [0.5, 0.6) is 0 Å². The number of guanidine groups is 1. The highest BCUT2D eigenvalue weighted by Crippen LogP contribution is 2.19. The van der Waals surface area contributed by atoms with Crippen molar-refractivity contribution in [2.24, 2.45) is 4.99 Å². The van der Waals surface area contributed by atoms with Gasteiger partial charge in [0.25, 0.3) is 0 Å². The first kappa shape index (κ1) is 26.1. The molecule has 0 radical (unpaired) electrons.